The van der Waals surface area contributed by atoms with Gasteiger partial charge in [-0.1, -0.05) is 12.1 Å². The van der Waals surface area contributed by atoms with Crippen LogP contribution in [0.1, 0.15) is 5.76 Å². The molecule has 19 heavy (non-hydrogen) atoms. The third-order valence-electron chi connectivity index (χ3n) is 2.54. The van der Waals surface area contributed by atoms with Crippen LogP contribution in [0.3, 0.4) is 0 Å². The van der Waals surface area contributed by atoms with Crippen LogP contribution in [0.25, 0.3) is 0 Å². The molecule has 4 nitrogen and oxygen atoms in total. The van der Waals surface area contributed by atoms with Crippen LogP contribution in [0, 0.1) is 0 Å². The van der Waals surface area contributed by atoms with Crippen molar-refractivity contribution in [2.24, 2.45) is 0 Å². The minimum absolute atomic E-state index is 0.197. The molecule has 2 N–H and O–H groups in total. The van der Waals surface area contributed by atoms with Gasteiger partial charge in [0.15, 0.2) is 0 Å². The van der Waals surface area contributed by atoms with Crippen LogP contribution in [0.2, 0.25) is 0 Å². The average molecular weight is 282 g/mol. The van der Waals surface area contributed by atoms with Crippen LogP contribution in [-0.2, 0) is 6.61 Å². The number of furan rings is 1. The van der Waals surface area contributed by atoms with Gasteiger partial charge in [-0.3, -0.25) is 0 Å². The van der Waals surface area contributed by atoms with E-state index in [-0.39, 0.29) is 5.88 Å². The maximum absolute atomic E-state index is 9.44. The highest BCUT2D eigenvalue weighted by atomic mass is 35.5. The average Bonchev–Trinajstić information content (AvgIpc) is 2.96. The Bertz CT molecular complexity index is 487. The number of ether oxygens (including phenoxy) is 1. The molecule has 102 valence electrons. The number of anilines is 1. The molecule has 1 atom stereocenters. The van der Waals surface area contributed by atoms with Crippen molar-refractivity contribution < 1.29 is 14.3 Å². The van der Waals surface area contributed by atoms with Gasteiger partial charge in [0.2, 0.25) is 0 Å². The van der Waals surface area contributed by atoms with Gasteiger partial charge in [-0.15, -0.1) is 11.6 Å². The number of benzene rings is 1. The monoisotopic (exact) mass is 281 g/mol. The highest BCUT2D eigenvalue weighted by molar-refractivity contribution is 6.18. The molecule has 0 saturated heterocycles. The molecule has 0 aliphatic carbocycles. The van der Waals surface area contributed by atoms with E-state index in [0.717, 1.165) is 11.4 Å². The summed E-state index contributed by atoms with van der Waals surface area (Å²) in [5, 5.41) is 12.5. The summed E-state index contributed by atoms with van der Waals surface area (Å²) < 4.78 is 10.9. The zero-order chi connectivity index (χ0) is 13.5. The maximum Gasteiger partial charge on any atom is 0.146 e. The number of hydrogen-bond acceptors (Lipinski definition) is 4. The van der Waals surface area contributed by atoms with Gasteiger partial charge in [0.05, 0.1) is 23.9 Å². The highest BCUT2D eigenvalue weighted by Gasteiger charge is 2.06. The summed E-state index contributed by atoms with van der Waals surface area (Å²) in [6.45, 7) is 0.744. The highest BCUT2D eigenvalue weighted by Crippen LogP contribution is 2.24. The van der Waals surface area contributed by atoms with Crippen molar-refractivity contribution >= 4 is 17.3 Å². The molecule has 2 aromatic rings. The first-order valence-corrected chi connectivity index (χ1v) is 6.55. The van der Waals surface area contributed by atoms with Crippen molar-refractivity contribution in [1.29, 1.82) is 0 Å². The van der Waals surface area contributed by atoms with Gasteiger partial charge in [-0.2, -0.15) is 0 Å². The second-order valence-electron chi connectivity index (χ2n) is 4.05. The molecule has 2 rings (SSSR count). The number of aliphatic hydroxyl groups is 1. The summed E-state index contributed by atoms with van der Waals surface area (Å²) >= 11 is 5.55. The molecule has 1 unspecified atom stereocenters. The Morgan fingerprint density at radius 3 is 2.84 bits per heavy atom. The summed E-state index contributed by atoms with van der Waals surface area (Å²) in [6.07, 6.45) is 1.03. The van der Waals surface area contributed by atoms with Gasteiger partial charge in [0, 0.05) is 6.54 Å². The first-order chi connectivity index (χ1) is 9.29. The van der Waals surface area contributed by atoms with Crippen LogP contribution in [0.15, 0.2) is 47.1 Å². The third kappa shape index (κ3) is 4.19. The molecule has 0 aliphatic rings. The molecular weight excluding hydrogens is 266 g/mol. The largest absolute Gasteiger partial charge is 0.483 e. The first kappa shape index (κ1) is 13.8. The lowest BCUT2D eigenvalue weighted by Crippen LogP contribution is -2.21. The Hall–Kier alpha value is -1.65. The molecule has 1 heterocycles. The molecular formula is C14H16ClNO3. The molecule has 1 aromatic heterocycles. The second-order valence-corrected chi connectivity index (χ2v) is 4.36. The van der Waals surface area contributed by atoms with Crippen molar-refractivity contribution in [1.82, 2.24) is 0 Å². The van der Waals surface area contributed by atoms with Gasteiger partial charge in [-0.05, 0) is 24.3 Å². The Balaban J connectivity index is 1.95. The van der Waals surface area contributed by atoms with E-state index in [9.17, 15) is 5.11 Å². The predicted molar refractivity (Wildman–Crippen MR) is 74.7 cm³/mol. The van der Waals surface area contributed by atoms with Crippen molar-refractivity contribution in [2.75, 3.05) is 17.7 Å². The van der Waals surface area contributed by atoms with E-state index in [2.05, 4.69) is 5.32 Å². The second kappa shape index (κ2) is 7.07. The van der Waals surface area contributed by atoms with E-state index in [4.69, 9.17) is 20.8 Å². The maximum atomic E-state index is 9.44. The van der Waals surface area contributed by atoms with Crippen molar-refractivity contribution in [3.05, 3.63) is 48.4 Å². The molecule has 0 saturated carbocycles. The summed E-state index contributed by atoms with van der Waals surface area (Å²) in [6, 6.07) is 11.2. The van der Waals surface area contributed by atoms with E-state index < -0.39 is 6.10 Å². The fraction of sp³-hybridized carbons (Fsp3) is 0.286. The lowest BCUT2D eigenvalue weighted by molar-refractivity contribution is 0.211. The number of alkyl halides is 1. The third-order valence-corrected chi connectivity index (χ3v) is 2.90. The Morgan fingerprint density at radius 1 is 1.26 bits per heavy atom. The van der Waals surface area contributed by atoms with Gasteiger partial charge in [-0.25, -0.2) is 0 Å². The van der Waals surface area contributed by atoms with E-state index in [1.807, 2.05) is 36.4 Å². The van der Waals surface area contributed by atoms with Crippen molar-refractivity contribution in [3.8, 4) is 5.75 Å². The SMILES string of the molecule is OC(CCl)CNc1ccccc1OCc1ccco1. The molecule has 0 radical (unpaired) electrons. The van der Waals surface area contributed by atoms with Crippen LogP contribution in [0.4, 0.5) is 5.69 Å². The Kier molecular flexibility index (Phi) is 5.12. The molecule has 1 aromatic carbocycles. The molecule has 0 amide bonds. The standard InChI is InChI=1S/C14H16ClNO3/c15-8-11(17)9-16-13-5-1-2-6-14(13)19-10-12-4-3-7-18-12/h1-7,11,16-17H,8-10H2. The summed E-state index contributed by atoms with van der Waals surface area (Å²) in [7, 11) is 0. The van der Waals surface area contributed by atoms with Crippen LogP contribution >= 0.6 is 11.6 Å². The molecule has 0 spiro atoms. The molecule has 0 aliphatic heterocycles. The number of hydrogen-bond donors (Lipinski definition) is 2. The Labute approximate surface area is 117 Å². The first-order valence-electron chi connectivity index (χ1n) is 6.01. The quantitative estimate of drug-likeness (QED) is 0.766. The van der Waals surface area contributed by atoms with Gasteiger partial charge in [0.25, 0.3) is 0 Å². The van der Waals surface area contributed by atoms with E-state index in [1.54, 1.807) is 6.26 Å². The van der Waals surface area contributed by atoms with Crippen LogP contribution in [0.5, 0.6) is 5.75 Å². The van der Waals surface area contributed by atoms with E-state index in [1.165, 1.54) is 0 Å². The lowest BCUT2D eigenvalue weighted by atomic mass is 10.2. The zero-order valence-electron chi connectivity index (χ0n) is 10.4. The smallest absolute Gasteiger partial charge is 0.146 e. The number of rotatable bonds is 7. The molecule has 0 fully saturated rings. The van der Waals surface area contributed by atoms with Gasteiger partial charge in [0.1, 0.15) is 18.1 Å². The minimum atomic E-state index is -0.584. The number of para-hydroxylation sites is 2. The van der Waals surface area contributed by atoms with Crippen LogP contribution < -0.4 is 10.1 Å². The number of halogens is 1. The van der Waals surface area contributed by atoms with Crippen molar-refractivity contribution in [3.63, 3.8) is 0 Å². The fourth-order valence-electron chi connectivity index (χ4n) is 1.56. The normalized spacial score (nSPS) is 12.1. The van der Waals surface area contributed by atoms with E-state index in [0.29, 0.717) is 18.9 Å². The minimum Gasteiger partial charge on any atom is -0.483 e. The predicted octanol–water partition coefficient (Wildman–Crippen LogP) is 2.87. The van der Waals surface area contributed by atoms with E-state index >= 15 is 0 Å². The zero-order valence-corrected chi connectivity index (χ0v) is 11.1. The summed E-state index contributed by atoms with van der Waals surface area (Å²) in [5.41, 5.74) is 0.818. The van der Waals surface area contributed by atoms with Crippen molar-refractivity contribution in [2.45, 2.75) is 12.7 Å². The number of nitrogens with one attached hydrogen (secondary N) is 1. The van der Waals surface area contributed by atoms with Crippen LogP contribution in [-0.4, -0.2) is 23.6 Å². The van der Waals surface area contributed by atoms with Gasteiger partial charge >= 0.3 is 0 Å². The topological polar surface area (TPSA) is 54.6 Å². The lowest BCUT2D eigenvalue weighted by Gasteiger charge is -2.14. The number of aliphatic hydroxyl groups excluding tert-OH is 1. The fourth-order valence-corrected chi connectivity index (χ4v) is 1.67. The summed E-state index contributed by atoms with van der Waals surface area (Å²) in [4.78, 5) is 0. The van der Waals surface area contributed by atoms with Gasteiger partial charge < -0.3 is 19.6 Å². The summed E-state index contributed by atoms with van der Waals surface area (Å²) in [5.74, 6) is 1.67. The molecule has 5 heteroatoms. The molecule has 0 bridgehead atoms. The Morgan fingerprint density at radius 2 is 2.11 bits per heavy atom.